The van der Waals surface area contributed by atoms with Gasteiger partial charge in [-0.05, 0) is 41.3 Å². The molecule has 0 bridgehead atoms. The van der Waals surface area contributed by atoms with Gasteiger partial charge < -0.3 is 33.7 Å². The SMILES string of the molecule is COc1ccc([C@H]2CC(=O)NC3=C2C(=O)[C@@]2(Oc4c(Cl)c(OC)cc(OC)c4C2=O)[C@H](C)C3)cc1OCCc1ccc2c(c1)CCO2. The van der Waals surface area contributed by atoms with Gasteiger partial charge in [-0.2, -0.15) is 0 Å². The number of carbonyl (C=O) groups is 3. The highest BCUT2D eigenvalue weighted by atomic mass is 35.5. The first-order valence-electron chi connectivity index (χ1n) is 15.5. The van der Waals surface area contributed by atoms with E-state index in [0.717, 1.165) is 17.7 Å². The lowest BCUT2D eigenvalue weighted by Crippen LogP contribution is -2.59. The number of fused-ring (bicyclic) bond motifs is 2. The van der Waals surface area contributed by atoms with Gasteiger partial charge in [-0.1, -0.05) is 36.7 Å². The summed E-state index contributed by atoms with van der Waals surface area (Å²) in [5, 5.41) is 2.97. The van der Waals surface area contributed by atoms with Crippen molar-refractivity contribution in [3.63, 3.8) is 0 Å². The number of ether oxygens (including phenoxy) is 6. The molecule has 3 aromatic rings. The van der Waals surface area contributed by atoms with Crippen LogP contribution in [0, 0.1) is 5.92 Å². The van der Waals surface area contributed by atoms with Crippen molar-refractivity contribution >= 4 is 29.1 Å². The summed E-state index contributed by atoms with van der Waals surface area (Å²) >= 11 is 6.61. The van der Waals surface area contributed by atoms with Gasteiger partial charge in [0.1, 0.15) is 27.8 Å². The summed E-state index contributed by atoms with van der Waals surface area (Å²) < 4.78 is 34.7. The molecule has 0 unspecified atom stereocenters. The van der Waals surface area contributed by atoms with Gasteiger partial charge in [-0.15, -0.1) is 0 Å². The Bertz CT molecular complexity index is 1870. The minimum Gasteiger partial charge on any atom is -0.496 e. The number of ketones is 2. The smallest absolute Gasteiger partial charge is 0.236 e. The molecule has 3 aromatic carbocycles. The van der Waals surface area contributed by atoms with Crippen LogP contribution in [0.2, 0.25) is 5.02 Å². The number of methoxy groups -OCH3 is 3. The zero-order valence-corrected chi connectivity index (χ0v) is 27.2. The third-order valence-corrected chi connectivity index (χ3v) is 9.91. The number of amides is 1. The number of nitrogens with one attached hydrogen (secondary N) is 1. The highest BCUT2D eigenvalue weighted by molar-refractivity contribution is 6.36. The van der Waals surface area contributed by atoms with E-state index >= 15 is 0 Å². The van der Waals surface area contributed by atoms with E-state index in [1.807, 2.05) is 18.2 Å². The molecule has 7 rings (SSSR count). The van der Waals surface area contributed by atoms with Gasteiger partial charge >= 0.3 is 0 Å². The maximum Gasteiger partial charge on any atom is 0.236 e. The summed E-state index contributed by atoms with van der Waals surface area (Å²) in [7, 11) is 4.42. The van der Waals surface area contributed by atoms with Crippen LogP contribution in [0.4, 0.5) is 0 Å². The van der Waals surface area contributed by atoms with E-state index in [0.29, 0.717) is 48.0 Å². The van der Waals surface area contributed by atoms with Crippen molar-refractivity contribution in [2.24, 2.45) is 5.92 Å². The van der Waals surface area contributed by atoms with E-state index in [9.17, 15) is 14.4 Å². The van der Waals surface area contributed by atoms with Crippen LogP contribution in [0.3, 0.4) is 0 Å². The third kappa shape index (κ3) is 4.88. The topological polar surface area (TPSA) is 119 Å². The lowest BCUT2D eigenvalue weighted by Gasteiger charge is -2.41. The molecule has 11 heteroatoms. The van der Waals surface area contributed by atoms with Gasteiger partial charge in [0, 0.05) is 48.4 Å². The summed E-state index contributed by atoms with van der Waals surface area (Å²) in [6.07, 6.45) is 1.78. The van der Waals surface area contributed by atoms with Gasteiger partial charge in [-0.3, -0.25) is 14.4 Å². The summed E-state index contributed by atoms with van der Waals surface area (Å²) in [5.41, 5.74) is 2.01. The molecular weight excluding hydrogens is 626 g/mol. The summed E-state index contributed by atoms with van der Waals surface area (Å²) in [6, 6.07) is 13.1. The first kappa shape index (κ1) is 30.9. The van der Waals surface area contributed by atoms with Crippen molar-refractivity contribution in [3.8, 4) is 34.5 Å². The van der Waals surface area contributed by atoms with Gasteiger partial charge in [-0.25, -0.2) is 0 Å². The lowest BCUT2D eigenvalue weighted by molar-refractivity contribution is -0.131. The second kappa shape index (κ2) is 11.8. The average Bonchev–Trinajstić information content (AvgIpc) is 3.66. The van der Waals surface area contributed by atoms with Crippen LogP contribution >= 0.6 is 11.6 Å². The second-order valence-electron chi connectivity index (χ2n) is 12.1. The highest BCUT2D eigenvalue weighted by Crippen LogP contribution is 2.55. The molecule has 1 spiro atoms. The highest BCUT2D eigenvalue weighted by Gasteiger charge is 2.63. The normalized spacial score (nSPS) is 22.6. The van der Waals surface area contributed by atoms with Crippen molar-refractivity contribution in [3.05, 3.63) is 81.0 Å². The van der Waals surface area contributed by atoms with E-state index in [4.69, 9.17) is 40.0 Å². The van der Waals surface area contributed by atoms with Crippen LogP contribution in [0.1, 0.15) is 52.7 Å². The maximum absolute atomic E-state index is 14.7. The number of carbonyl (C=O) groups excluding carboxylic acids is 3. The Morgan fingerprint density at radius 3 is 2.47 bits per heavy atom. The molecule has 3 aliphatic heterocycles. The third-order valence-electron chi connectivity index (χ3n) is 9.55. The zero-order chi connectivity index (χ0) is 33.0. The Labute approximate surface area is 276 Å². The fraction of sp³-hybridized carbons (Fsp3) is 0.361. The standard InChI is InChI=1S/C36H34ClNO9/c1-18-13-23-30(34(40)36(18)35(41)31-27(43-3)17-28(44-4)32(37)33(31)47-36)22(16-29(39)38-23)20-6-8-25(42-2)26(15-20)46-11-9-19-5-7-24-21(14-19)10-12-45-24/h5-8,14-15,17-18,22H,9-13,16H2,1-4H3,(H,38,39)/t18-,22-,36+/m1/s1. The fourth-order valence-electron chi connectivity index (χ4n) is 7.17. The van der Waals surface area contributed by atoms with Crippen LogP contribution in [-0.2, 0) is 22.4 Å². The Balaban J connectivity index is 1.21. The van der Waals surface area contributed by atoms with E-state index in [1.54, 1.807) is 26.2 Å². The molecule has 244 valence electrons. The molecular formula is C36H34ClNO9. The predicted molar refractivity (Wildman–Crippen MR) is 171 cm³/mol. The van der Waals surface area contributed by atoms with Crippen LogP contribution < -0.4 is 33.7 Å². The number of allylic oxidation sites excluding steroid dienone is 1. The molecule has 1 aliphatic carbocycles. The molecule has 0 saturated heterocycles. The summed E-state index contributed by atoms with van der Waals surface area (Å²) in [5.74, 6) is -0.137. The van der Waals surface area contributed by atoms with Gasteiger partial charge in [0.05, 0.1) is 34.5 Å². The molecule has 0 saturated carbocycles. The number of hydrogen-bond donors (Lipinski definition) is 1. The van der Waals surface area contributed by atoms with Crippen molar-refractivity contribution in [1.82, 2.24) is 5.32 Å². The van der Waals surface area contributed by atoms with E-state index in [2.05, 4.69) is 11.4 Å². The predicted octanol–water partition coefficient (Wildman–Crippen LogP) is 5.40. The molecule has 1 amide bonds. The number of Topliss-reactive ketones (excluding diaryl/α,β-unsaturated/α-hetero) is 2. The Morgan fingerprint density at radius 1 is 0.915 bits per heavy atom. The monoisotopic (exact) mass is 659 g/mol. The lowest BCUT2D eigenvalue weighted by atomic mass is 9.66. The van der Waals surface area contributed by atoms with Crippen LogP contribution in [-0.4, -0.2) is 57.6 Å². The van der Waals surface area contributed by atoms with Gasteiger partial charge in [0.15, 0.2) is 17.2 Å². The molecule has 4 aliphatic rings. The minimum atomic E-state index is -1.89. The molecule has 3 heterocycles. The first-order chi connectivity index (χ1) is 22.7. The van der Waals surface area contributed by atoms with Crippen LogP contribution in [0.15, 0.2) is 53.7 Å². The molecule has 10 nitrogen and oxygen atoms in total. The zero-order valence-electron chi connectivity index (χ0n) is 26.5. The van der Waals surface area contributed by atoms with Crippen molar-refractivity contribution < 1.29 is 42.8 Å². The van der Waals surface area contributed by atoms with Crippen molar-refractivity contribution in [2.45, 2.75) is 44.1 Å². The van der Waals surface area contributed by atoms with E-state index in [-0.39, 0.29) is 46.6 Å². The largest absolute Gasteiger partial charge is 0.496 e. The molecule has 47 heavy (non-hydrogen) atoms. The number of halogens is 1. The van der Waals surface area contributed by atoms with Crippen molar-refractivity contribution in [1.29, 1.82) is 0 Å². The molecule has 0 aromatic heterocycles. The van der Waals surface area contributed by atoms with Crippen LogP contribution in [0.25, 0.3) is 0 Å². The quantitative estimate of drug-likeness (QED) is 0.317. The molecule has 0 fully saturated rings. The maximum atomic E-state index is 14.7. The summed E-state index contributed by atoms with van der Waals surface area (Å²) in [6.45, 7) is 2.83. The van der Waals surface area contributed by atoms with Gasteiger partial charge in [0.25, 0.3) is 0 Å². The fourth-order valence-corrected chi connectivity index (χ4v) is 7.44. The molecule has 0 radical (unpaired) electrons. The summed E-state index contributed by atoms with van der Waals surface area (Å²) in [4.78, 5) is 42.0. The van der Waals surface area contributed by atoms with E-state index < -0.39 is 29.0 Å². The Kier molecular flexibility index (Phi) is 7.78. The number of benzene rings is 3. The first-order valence-corrected chi connectivity index (χ1v) is 15.9. The number of rotatable bonds is 8. The molecule has 3 atom stereocenters. The van der Waals surface area contributed by atoms with Gasteiger partial charge in [0.2, 0.25) is 23.1 Å². The van der Waals surface area contributed by atoms with Crippen LogP contribution in [0.5, 0.6) is 34.5 Å². The average molecular weight is 660 g/mol. The molecule has 1 N–H and O–H groups in total. The second-order valence-corrected chi connectivity index (χ2v) is 12.5. The Morgan fingerprint density at radius 2 is 1.70 bits per heavy atom. The minimum absolute atomic E-state index is 0.00294. The number of hydrogen-bond acceptors (Lipinski definition) is 9. The van der Waals surface area contributed by atoms with Crippen molar-refractivity contribution in [2.75, 3.05) is 34.5 Å². The Hall–Kier alpha value is -4.70. The van der Waals surface area contributed by atoms with E-state index in [1.165, 1.54) is 25.8 Å².